The molecule has 1 aliphatic heterocycles. The van der Waals surface area contributed by atoms with Gasteiger partial charge in [0.05, 0.1) is 16.5 Å². The van der Waals surface area contributed by atoms with E-state index in [9.17, 15) is 9.59 Å². The number of imide groups is 1. The Bertz CT molecular complexity index is 965. The van der Waals surface area contributed by atoms with Crippen LogP contribution in [0.1, 0.15) is 11.1 Å². The summed E-state index contributed by atoms with van der Waals surface area (Å²) in [6.45, 7) is 0.220. The minimum absolute atomic E-state index is 0.220. The minimum Gasteiger partial charge on any atom is -0.493 e. The average molecular weight is 489 g/mol. The number of carbonyl (C=O) groups is 2. The number of thioether (sulfide) groups is 1. The van der Waals surface area contributed by atoms with Crippen molar-refractivity contribution < 1.29 is 19.1 Å². The summed E-state index contributed by atoms with van der Waals surface area (Å²) in [5, 5.41) is 2.88. The van der Waals surface area contributed by atoms with Crippen LogP contribution in [-0.2, 0) is 11.4 Å². The molecule has 0 radical (unpaired) electrons. The number of methoxy groups -OCH3 is 1. The van der Waals surface area contributed by atoms with Gasteiger partial charge in [-0.05, 0) is 63.6 Å². The molecule has 3 rings (SSSR count). The van der Waals surface area contributed by atoms with Crippen molar-refractivity contribution in [2.75, 3.05) is 7.11 Å². The first kappa shape index (κ1) is 20.1. The molecule has 0 aromatic heterocycles. The van der Waals surface area contributed by atoms with E-state index in [1.165, 1.54) is 7.11 Å². The largest absolute Gasteiger partial charge is 0.493 e. The summed E-state index contributed by atoms with van der Waals surface area (Å²) in [5.41, 5.74) is 1.46. The van der Waals surface area contributed by atoms with Gasteiger partial charge in [-0.1, -0.05) is 29.3 Å². The molecule has 0 spiro atoms. The molecule has 1 N–H and O–H groups in total. The first-order chi connectivity index (χ1) is 12.9. The molecule has 9 heteroatoms. The van der Waals surface area contributed by atoms with E-state index in [0.717, 1.165) is 17.3 Å². The summed E-state index contributed by atoms with van der Waals surface area (Å²) >= 11 is 16.4. The third kappa shape index (κ3) is 4.79. The Hall–Kier alpha value is -1.67. The molecule has 27 heavy (non-hydrogen) atoms. The highest BCUT2D eigenvalue weighted by atomic mass is 79.9. The molecular formula is C18H12BrCl2NO4S. The predicted octanol–water partition coefficient (Wildman–Crippen LogP) is 5.67. The molecule has 0 saturated carbocycles. The monoisotopic (exact) mass is 487 g/mol. The topological polar surface area (TPSA) is 64.6 Å². The van der Waals surface area contributed by atoms with E-state index in [2.05, 4.69) is 21.2 Å². The van der Waals surface area contributed by atoms with E-state index < -0.39 is 11.1 Å². The van der Waals surface area contributed by atoms with E-state index in [1.54, 1.807) is 36.4 Å². The lowest BCUT2D eigenvalue weighted by Crippen LogP contribution is -2.17. The molecular weight excluding hydrogens is 477 g/mol. The second-order valence-electron chi connectivity index (χ2n) is 5.41. The molecule has 2 aromatic carbocycles. The number of benzene rings is 2. The number of amides is 2. The Labute approximate surface area is 178 Å². The van der Waals surface area contributed by atoms with E-state index in [-0.39, 0.29) is 6.61 Å². The second kappa shape index (κ2) is 8.56. The fourth-order valence-electron chi connectivity index (χ4n) is 2.32. The average Bonchev–Trinajstić information content (AvgIpc) is 2.92. The highest BCUT2D eigenvalue weighted by molar-refractivity contribution is 9.10. The van der Waals surface area contributed by atoms with Crippen LogP contribution in [0.25, 0.3) is 6.08 Å². The van der Waals surface area contributed by atoms with Crippen molar-refractivity contribution in [3.05, 3.63) is 60.9 Å². The van der Waals surface area contributed by atoms with Crippen LogP contribution in [0.3, 0.4) is 0 Å². The summed E-state index contributed by atoms with van der Waals surface area (Å²) in [6, 6.07) is 8.66. The Morgan fingerprint density at radius 1 is 1.22 bits per heavy atom. The van der Waals surface area contributed by atoms with Crippen molar-refractivity contribution in [3.63, 3.8) is 0 Å². The first-order valence-corrected chi connectivity index (χ1v) is 9.93. The van der Waals surface area contributed by atoms with Crippen molar-refractivity contribution >= 4 is 68.1 Å². The van der Waals surface area contributed by atoms with Gasteiger partial charge in [0.1, 0.15) is 6.61 Å². The van der Waals surface area contributed by atoms with Gasteiger partial charge < -0.3 is 9.47 Å². The summed E-state index contributed by atoms with van der Waals surface area (Å²) in [7, 11) is 1.52. The number of hydrogen-bond donors (Lipinski definition) is 1. The van der Waals surface area contributed by atoms with E-state index in [0.29, 0.717) is 36.5 Å². The van der Waals surface area contributed by atoms with E-state index >= 15 is 0 Å². The number of hydrogen-bond acceptors (Lipinski definition) is 5. The minimum atomic E-state index is -0.419. The van der Waals surface area contributed by atoms with Crippen LogP contribution in [0.15, 0.2) is 39.7 Å². The van der Waals surface area contributed by atoms with Gasteiger partial charge in [0.15, 0.2) is 11.5 Å². The van der Waals surface area contributed by atoms with Gasteiger partial charge in [0, 0.05) is 15.6 Å². The standard InChI is InChI=1S/C18H12BrCl2NO4S/c1-25-14-5-9(6-15-17(23)22-18(24)27-15)4-12(19)16(14)26-8-10-2-3-11(20)7-13(10)21/h2-7H,8H2,1H3,(H,22,23,24)/b15-6+. The molecule has 1 heterocycles. The third-order valence-corrected chi connectivity index (χ3v) is 5.57. The fraction of sp³-hybridized carbons (Fsp3) is 0.111. The highest BCUT2D eigenvalue weighted by Crippen LogP contribution is 2.39. The lowest BCUT2D eigenvalue weighted by molar-refractivity contribution is -0.115. The van der Waals surface area contributed by atoms with Crippen molar-refractivity contribution in [1.82, 2.24) is 5.32 Å². The molecule has 140 valence electrons. The molecule has 1 fully saturated rings. The van der Waals surface area contributed by atoms with Crippen LogP contribution in [-0.4, -0.2) is 18.3 Å². The van der Waals surface area contributed by atoms with Gasteiger partial charge in [-0.3, -0.25) is 14.9 Å². The summed E-state index contributed by atoms with van der Waals surface area (Å²) in [4.78, 5) is 23.3. The van der Waals surface area contributed by atoms with Crippen LogP contribution in [0, 0.1) is 0 Å². The van der Waals surface area contributed by atoms with Crippen LogP contribution < -0.4 is 14.8 Å². The Morgan fingerprint density at radius 2 is 2.00 bits per heavy atom. The van der Waals surface area contributed by atoms with Gasteiger partial charge in [0.2, 0.25) is 0 Å². The summed E-state index contributed by atoms with van der Waals surface area (Å²) in [5.74, 6) is 0.541. The van der Waals surface area contributed by atoms with Crippen molar-refractivity contribution in [2.24, 2.45) is 0 Å². The Balaban J connectivity index is 1.85. The molecule has 2 aromatic rings. The number of halogens is 3. The molecule has 5 nitrogen and oxygen atoms in total. The van der Waals surface area contributed by atoms with Gasteiger partial charge in [-0.2, -0.15) is 0 Å². The molecule has 1 aliphatic rings. The van der Waals surface area contributed by atoms with Gasteiger partial charge in [-0.25, -0.2) is 0 Å². The molecule has 2 amide bonds. The van der Waals surface area contributed by atoms with Gasteiger partial charge in [-0.15, -0.1) is 0 Å². The van der Waals surface area contributed by atoms with Crippen molar-refractivity contribution in [3.8, 4) is 11.5 Å². The normalized spacial score (nSPS) is 15.2. The van der Waals surface area contributed by atoms with Gasteiger partial charge >= 0.3 is 0 Å². The van der Waals surface area contributed by atoms with Crippen LogP contribution in [0.5, 0.6) is 11.5 Å². The number of ether oxygens (including phenoxy) is 2. The molecule has 0 atom stereocenters. The third-order valence-electron chi connectivity index (χ3n) is 3.58. The fourth-order valence-corrected chi connectivity index (χ4v) is 4.04. The van der Waals surface area contributed by atoms with Crippen LogP contribution in [0.4, 0.5) is 4.79 Å². The zero-order valence-electron chi connectivity index (χ0n) is 13.8. The lowest BCUT2D eigenvalue weighted by atomic mass is 10.2. The molecule has 1 saturated heterocycles. The van der Waals surface area contributed by atoms with E-state index in [1.807, 2.05) is 0 Å². The van der Waals surface area contributed by atoms with E-state index in [4.69, 9.17) is 32.7 Å². The van der Waals surface area contributed by atoms with Crippen LogP contribution >= 0.6 is 50.9 Å². The Kier molecular flexibility index (Phi) is 6.37. The second-order valence-corrected chi connectivity index (χ2v) is 8.12. The number of rotatable bonds is 5. The molecule has 0 aliphatic carbocycles. The molecule has 0 bridgehead atoms. The first-order valence-electron chi connectivity index (χ1n) is 7.56. The highest BCUT2D eigenvalue weighted by Gasteiger charge is 2.25. The molecule has 0 unspecified atom stereocenters. The summed E-state index contributed by atoms with van der Waals surface area (Å²) in [6.07, 6.45) is 1.61. The van der Waals surface area contributed by atoms with Crippen molar-refractivity contribution in [1.29, 1.82) is 0 Å². The van der Waals surface area contributed by atoms with Gasteiger partial charge in [0.25, 0.3) is 11.1 Å². The quantitative estimate of drug-likeness (QED) is 0.549. The SMILES string of the molecule is COc1cc(/C=C2/SC(=O)NC2=O)cc(Br)c1OCc1ccc(Cl)cc1Cl. The number of carbonyl (C=O) groups excluding carboxylic acids is 2. The predicted molar refractivity (Wildman–Crippen MR) is 111 cm³/mol. The summed E-state index contributed by atoms with van der Waals surface area (Å²) < 4.78 is 11.9. The zero-order valence-corrected chi connectivity index (χ0v) is 17.8. The maximum Gasteiger partial charge on any atom is 0.290 e. The zero-order chi connectivity index (χ0) is 19.6. The lowest BCUT2D eigenvalue weighted by Gasteiger charge is -2.14. The van der Waals surface area contributed by atoms with Crippen LogP contribution in [0.2, 0.25) is 10.0 Å². The smallest absolute Gasteiger partial charge is 0.290 e. The van der Waals surface area contributed by atoms with Crippen molar-refractivity contribution in [2.45, 2.75) is 6.61 Å². The maximum atomic E-state index is 11.7. The maximum absolute atomic E-state index is 11.7. The Morgan fingerprint density at radius 3 is 2.63 bits per heavy atom. The number of nitrogens with one attached hydrogen (secondary N) is 1.